The van der Waals surface area contributed by atoms with Crippen LogP contribution < -0.4 is 5.32 Å². The highest BCUT2D eigenvalue weighted by Gasteiger charge is 2.17. The maximum Gasteiger partial charge on any atom is 0.0449 e. The second-order valence-electron chi connectivity index (χ2n) is 4.32. The largest absolute Gasteiger partial charge is 0.309 e. The van der Waals surface area contributed by atoms with Gasteiger partial charge in [0, 0.05) is 19.1 Å². The molecule has 2 rings (SSSR count). The summed E-state index contributed by atoms with van der Waals surface area (Å²) in [5.41, 5.74) is 1.39. The van der Waals surface area contributed by atoms with Crippen LogP contribution in [0.3, 0.4) is 0 Å². The fraction of sp³-hybridized carbons (Fsp3) is 0.429. The van der Waals surface area contributed by atoms with Crippen LogP contribution in [-0.4, -0.2) is 31.1 Å². The molecule has 2 nitrogen and oxygen atoms in total. The van der Waals surface area contributed by atoms with Crippen molar-refractivity contribution < 1.29 is 0 Å². The highest BCUT2D eigenvalue weighted by Crippen LogP contribution is 2.16. The van der Waals surface area contributed by atoms with E-state index in [1.165, 1.54) is 18.5 Å². The molecule has 1 aromatic carbocycles. The van der Waals surface area contributed by atoms with E-state index in [2.05, 4.69) is 47.1 Å². The first-order valence-electron chi connectivity index (χ1n) is 6.02. The van der Waals surface area contributed by atoms with Gasteiger partial charge in [-0.1, -0.05) is 36.4 Å². The van der Waals surface area contributed by atoms with Crippen molar-refractivity contribution in [3.8, 4) is 0 Å². The van der Waals surface area contributed by atoms with Crippen molar-refractivity contribution in [2.75, 3.05) is 26.2 Å². The molecule has 0 bridgehead atoms. The van der Waals surface area contributed by atoms with Crippen molar-refractivity contribution >= 4 is 0 Å². The molecule has 16 heavy (non-hydrogen) atoms. The Morgan fingerprint density at radius 1 is 1.38 bits per heavy atom. The van der Waals surface area contributed by atoms with E-state index in [9.17, 15) is 0 Å². The van der Waals surface area contributed by atoms with Crippen molar-refractivity contribution in [2.45, 2.75) is 12.5 Å². The third-order valence-electron chi connectivity index (χ3n) is 3.07. The highest BCUT2D eigenvalue weighted by atomic mass is 15.2. The van der Waals surface area contributed by atoms with E-state index < -0.39 is 0 Å². The number of nitrogens with zero attached hydrogens (tertiary/aromatic N) is 1. The van der Waals surface area contributed by atoms with Gasteiger partial charge in [-0.15, -0.1) is 6.58 Å². The standard InChI is InChI=1S/C14H20N2/c1-2-10-16-11-6-9-15-14(12-16)13-7-4-3-5-8-13/h2-5,7-8,14-15H,1,6,9-12H2. The van der Waals surface area contributed by atoms with Crippen molar-refractivity contribution in [3.05, 3.63) is 48.6 Å². The molecule has 1 aliphatic rings. The van der Waals surface area contributed by atoms with E-state index in [1.807, 2.05) is 6.08 Å². The molecule has 86 valence electrons. The molecule has 1 saturated heterocycles. The molecule has 1 unspecified atom stereocenters. The SMILES string of the molecule is C=CCN1CCCNC(c2ccccc2)C1. The van der Waals surface area contributed by atoms with Crippen LogP contribution in [0.1, 0.15) is 18.0 Å². The Labute approximate surface area is 98.0 Å². The summed E-state index contributed by atoms with van der Waals surface area (Å²) in [6.45, 7) is 8.16. The van der Waals surface area contributed by atoms with Crippen molar-refractivity contribution in [1.82, 2.24) is 10.2 Å². The zero-order valence-electron chi connectivity index (χ0n) is 9.73. The molecule has 0 radical (unpaired) electrons. The molecule has 1 aliphatic heterocycles. The molecule has 1 N–H and O–H groups in total. The molecule has 0 saturated carbocycles. The minimum Gasteiger partial charge on any atom is -0.309 e. The van der Waals surface area contributed by atoms with E-state index in [0.717, 1.165) is 19.6 Å². The number of hydrogen-bond acceptors (Lipinski definition) is 2. The van der Waals surface area contributed by atoms with Crippen molar-refractivity contribution in [1.29, 1.82) is 0 Å². The van der Waals surface area contributed by atoms with E-state index in [0.29, 0.717) is 6.04 Å². The molecule has 0 aromatic heterocycles. The lowest BCUT2D eigenvalue weighted by molar-refractivity contribution is 0.296. The van der Waals surface area contributed by atoms with Crippen LogP contribution in [0.5, 0.6) is 0 Å². The summed E-state index contributed by atoms with van der Waals surface area (Å²) < 4.78 is 0. The zero-order chi connectivity index (χ0) is 11.2. The van der Waals surface area contributed by atoms with Crippen LogP contribution in [0, 0.1) is 0 Å². The monoisotopic (exact) mass is 216 g/mol. The normalized spacial score (nSPS) is 22.6. The second-order valence-corrected chi connectivity index (χ2v) is 4.32. The van der Waals surface area contributed by atoms with Gasteiger partial charge in [-0.3, -0.25) is 4.90 Å². The molecular formula is C14H20N2. The zero-order valence-corrected chi connectivity index (χ0v) is 9.73. The van der Waals surface area contributed by atoms with Gasteiger partial charge < -0.3 is 5.32 Å². The van der Waals surface area contributed by atoms with Gasteiger partial charge in [0.25, 0.3) is 0 Å². The third-order valence-corrected chi connectivity index (χ3v) is 3.07. The van der Waals surface area contributed by atoms with Crippen molar-refractivity contribution in [2.24, 2.45) is 0 Å². The molecule has 1 aromatic rings. The van der Waals surface area contributed by atoms with Gasteiger partial charge in [0.1, 0.15) is 0 Å². The topological polar surface area (TPSA) is 15.3 Å². The van der Waals surface area contributed by atoms with Crippen LogP contribution in [0.15, 0.2) is 43.0 Å². The van der Waals surface area contributed by atoms with Gasteiger partial charge in [0.15, 0.2) is 0 Å². The maximum absolute atomic E-state index is 3.82. The molecule has 0 amide bonds. The molecule has 0 aliphatic carbocycles. The van der Waals surface area contributed by atoms with Crippen LogP contribution in [0.25, 0.3) is 0 Å². The number of hydrogen-bond donors (Lipinski definition) is 1. The Morgan fingerprint density at radius 2 is 2.19 bits per heavy atom. The lowest BCUT2D eigenvalue weighted by Gasteiger charge is -2.23. The first-order valence-corrected chi connectivity index (χ1v) is 6.02. The predicted octanol–water partition coefficient (Wildman–Crippen LogP) is 2.21. The third kappa shape index (κ3) is 2.94. The average Bonchev–Trinajstić information content (AvgIpc) is 2.56. The van der Waals surface area contributed by atoms with Gasteiger partial charge >= 0.3 is 0 Å². The molecular weight excluding hydrogens is 196 g/mol. The minimum atomic E-state index is 0.462. The highest BCUT2D eigenvalue weighted by molar-refractivity contribution is 5.19. The summed E-state index contributed by atoms with van der Waals surface area (Å²) in [5.74, 6) is 0. The molecule has 2 heteroatoms. The summed E-state index contributed by atoms with van der Waals surface area (Å²) in [6.07, 6.45) is 3.21. The lowest BCUT2D eigenvalue weighted by Crippen LogP contribution is -2.31. The van der Waals surface area contributed by atoms with Crippen LogP contribution >= 0.6 is 0 Å². The predicted molar refractivity (Wildman–Crippen MR) is 68.4 cm³/mol. The molecule has 1 fully saturated rings. The number of rotatable bonds is 3. The van der Waals surface area contributed by atoms with Gasteiger partial charge in [0.05, 0.1) is 0 Å². The Kier molecular flexibility index (Phi) is 4.14. The fourth-order valence-electron chi connectivity index (χ4n) is 2.25. The summed E-state index contributed by atoms with van der Waals surface area (Å²) in [4.78, 5) is 2.46. The van der Waals surface area contributed by atoms with E-state index in [1.54, 1.807) is 0 Å². The Morgan fingerprint density at radius 3 is 2.94 bits per heavy atom. The van der Waals surface area contributed by atoms with Crippen LogP contribution in [0.2, 0.25) is 0 Å². The smallest absolute Gasteiger partial charge is 0.0449 e. The fourth-order valence-corrected chi connectivity index (χ4v) is 2.25. The first kappa shape index (κ1) is 11.4. The Hall–Kier alpha value is -1.12. The van der Waals surface area contributed by atoms with Crippen LogP contribution in [-0.2, 0) is 0 Å². The van der Waals surface area contributed by atoms with Gasteiger partial charge in [-0.05, 0) is 25.1 Å². The summed E-state index contributed by atoms with van der Waals surface area (Å²) in [7, 11) is 0. The van der Waals surface area contributed by atoms with E-state index >= 15 is 0 Å². The number of nitrogens with one attached hydrogen (secondary N) is 1. The molecule has 1 atom stereocenters. The second kappa shape index (κ2) is 5.83. The van der Waals surface area contributed by atoms with Crippen molar-refractivity contribution in [3.63, 3.8) is 0 Å². The minimum absolute atomic E-state index is 0.462. The molecule has 1 heterocycles. The Balaban J connectivity index is 2.05. The maximum atomic E-state index is 3.82. The van der Waals surface area contributed by atoms with E-state index in [-0.39, 0.29) is 0 Å². The van der Waals surface area contributed by atoms with Gasteiger partial charge in [-0.25, -0.2) is 0 Å². The van der Waals surface area contributed by atoms with Crippen LogP contribution in [0.4, 0.5) is 0 Å². The van der Waals surface area contributed by atoms with E-state index in [4.69, 9.17) is 0 Å². The van der Waals surface area contributed by atoms with Gasteiger partial charge in [-0.2, -0.15) is 0 Å². The van der Waals surface area contributed by atoms with Gasteiger partial charge in [0.2, 0.25) is 0 Å². The summed E-state index contributed by atoms with van der Waals surface area (Å²) >= 11 is 0. The molecule has 0 spiro atoms. The first-order chi connectivity index (χ1) is 7.90. The Bertz CT molecular complexity index is 321. The quantitative estimate of drug-likeness (QED) is 0.779. The average molecular weight is 216 g/mol. The summed E-state index contributed by atoms with van der Waals surface area (Å²) in [6, 6.07) is 11.2. The lowest BCUT2D eigenvalue weighted by atomic mass is 10.1. The summed E-state index contributed by atoms with van der Waals surface area (Å²) in [5, 5.41) is 3.61. The number of benzene rings is 1.